The molecule has 6 heteroatoms. The van der Waals surface area contributed by atoms with E-state index in [0.29, 0.717) is 16.8 Å². The lowest BCUT2D eigenvalue weighted by Gasteiger charge is -2.27. The SMILES string of the molecule is Cc1cccc(C(=O)Nc2ccccc2C(=O)NC2CCC(N)CC2)c1.Cl. The number of hydrogen-bond acceptors (Lipinski definition) is 3. The molecular formula is C21H26ClN3O2. The second-order valence-electron chi connectivity index (χ2n) is 6.95. The van der Waals surface area contributed by atoms with Gasteiger partial charge in [-0.05, 0) is 56.9 Å². The second-order valence-corrected chi connectivity index (χ2v) is 6.95. The molecule has 1 fully saturated rings. The van der Waals surface area contributed by atoms with Gasteiger partial charge in [-0.3, -0.25) is 9.59 Å². The molecule has 3 rings (SSSR count). The fraction of sp³-hybridized carbons (Fsp3) is 0.333. The van der Waals surface area contributed by atoms with Crippen molar-refractivity contribution in [1.29, 1.82) is 0 Å². The van der Waals surface area contributed by atoms with E-state index < -0.39 is 0 Å². The number of rotatable bonds is 4. The highest BCUT2D eigenvalue weighted by molar-refractivity contribution is 6.09. The number of anilines is 1. The van der Waals surface area contributed by atoms with E-state index in [1.54, 1.807) is 24.3 Å². The Labute approximate surface area is 166 Å². The summed E-state index contributed by atoms with van der Waals surface area (Å²) in [6.45, 7) is 1.94. The van der Waals surface area contributed by atoms with Crippen molar-refractivity contribution in [1.82, 2.24) is 5.32 Å². The van der Waals surface area contributed by atoms with Gasteiger partial charge < -0.3 is 16.4 Å². The first-order chi connectivity index (χ1) is 12.5. The maximum absolute atomic E-state index is 12.7. The highest BCUT2D eigenvalue weighted by Gasteiger charge is 2.22. The molecule has 4 N–H and O–H groups in total. The van der Waals surface area contributed by atoms with Gasteiger partial charge in [0.2, 0.25) is 0 Å². The largest absolute Gasteiger partial charge is 0.349 e. The van der Waals surface area contributed by atoms with Crippen molar-refractivity contribution in [2.45, 2.75) is 44.7 Å². The number of amides is 2. The molecule has 0 heterocycles. The minimum atomic E-state index is -0.224. The Morgan fingerprint density at radius 3 is 2.37 bits per heavy atom. The zero-order valence-electron chi connectivity index (χ0n) is 15.4. The Morgan fingerprint density at radius 1 is 0.963 bits per heavy atom. The number of benzene rings is 2. The first kappa shape index (κ1) is 20.9. The number of para-hydroxylation sites is 1. The van der Waals surface area contributed by atoms with Crippen molar-refractivity contribution in [3.05, 3.63) is 65.2 Å². The topological polar surface area (TPSA) is 84.2 Å². The van der Waals surface area contributed by atoms with Crippen LogP contribution >= 0.6 is 12.4 Å². The molecule has 1 aliphatic carbocycles. The molecule has 1 saturated carbocycles. The third-order valence-electron chi connectivity index (χ3n) is 4.81. The van der Waals surface area contributed by atoms with E-state index in [9.17, 15) is 9.59 Å². The summed E-state index contributed by atoms with van der Waals surface area (Å²) in [5, 5.41) is 5.93. The van der Waals surface area contributed by atoms with Crippen LogP contribution in [-0.4, -0.2) is 23.9 Å². The summed E-state index contributed by atoms with van der Waals surface area (Å²) in [4.78, 5) is 25.2. The van der Waals surface area contributed by atoms with Crippen LogP contribution in [-0.2, 0) is 0 Å². The molecule has 0 radical (unpaired) electrons. The van der Waals surface area contributed by atoms with Crippen LogP contribution in [0.25, 0.3) is 0 Å². The molecule has 0 saturated heterocycles. The predicted molar refractivity (Wildman–Crippen MR) is 111 cm³/mol. The molecule has 2 aromatic rings. The molecule has 144 valence electrons. The molecule has 0 aromatic heterocycles. The number of nitrogens with two attached hydrogens (primary N) is 1. The monoisotopic (exact) mass is 387 g/mol. The lowest BCUT2D eigenvalue weighted by molar-refractivity contribution is 0.0927. The van der Waals surface area contributed by atoms with E-state index in [1.807, 2.05) is 31.2 Å². The van der Waals surface area contributed by atoms with Gasteiger partial charge in [-0.2, -0.15) is 0 Å². The number of hydrogen-bond donors (Lipinski definition) is 3. The fourth-order valence-corrected chi connectivity index (χ4v) is 3.30. The molecule has 1 aliphatic rings. The molecular weight excluding hydrogens is 362 g/mol. The molecule has 2 amide bonds. The van der Waals surface area contributed by atoms with E-state index in [4.69, 9.17) is 5.73 Å². The number of halogens is 1. The molecule has 0 atom stereocenters. The average molecular weight is 388 g/mol. The van der Waals surface area contributed by atoms with Crippen molar-refractivity contribution in [2.75, 3.05) is 5.32 Å². The fourth-order valence-electron chi connectivity index (χ4n) is 3.30. The van der Waals surface area contributed by atoms with Crippen LogP contribution in [0.4, 0.5) is 5.69 Å². The summed E-state index contributed by atoms with van der Waals surface area (Å²) in [6.07, 6.45) is 3.64. The van der Waals surface area contributed by atoms with Crippen LogP contribution in [0.3, 0.4) is 0 Å². The highest BCUT2D eigenvalue weighted by atomic mass is 35.5. The van der Waals surface area contributed by atoms with Gasteiger partial charge in [0.05, 0.1) is 11.3 Å². The smallest absolute Gasteiger partial charge is 0.255 e. The van der Waals surface area contributed by atoms with Gasteiger partial charge in [0.25, 0.3) is 11.8 Å². The Bertz CT molecular complexity index is 802. The third kappa shape index (κ3) is 5.55. The van der Waals surface area contributed by atoms with E-state index in [0.717, 1.165) is 31.2 Å². The first-order valence-corrected chi connectivity index (χ1v) is 9.06. The lowest BCUT2D eigenvalue weighted by atomic mass is 9.91. The summed E-state index contributed by atoms with van der Waals surface area (Å²) in [5.41, 5.74) is 8.50. The Balaban J connectivity index is 0.00000261. The van der Waals surface area contributed by atoms with Crippen LogP contribution in [0.2, 0.25) is 0 Å². The van der Waals surface area contributed by atoms with Crippen molar-refractivity contribution in [3.63, 3.8) is 0 Å². The second kappa shape index (κ2) is 9.53. The molecule has 0 unspecified atom stereocenters. The Kier molecular flexibility index (Phi) is 7.39. The number of carbonyl (C=O) groups excluding carboxylic acids is 2. The standard InChI is InChI=1S/C21H25N3O2.ClH/c1-14-5-4-6-15(13-14)20(25)24-19-8-3-2-7-18(19)21(26)23-17-11-9-16(22)10-12-17;/h2-8,13,16-17H,9-12,22H2,1H3,(H,23,26)(H,24,25);1H. The van der Waals surface area contributed by atoms with E-state index in [-0.39, 0.29) is 36.3 Å². The van der Waals surface area contributed by atoms with Crippen LogP contribution in [0.1, 0.15) is 52.0 Å². The van der Waals surface area contributed by atoms with Crippen molar-refractivity contribution in [2.24, 2.45) is 5.73 Å². The predicted octanol–water partition coefficient (Wildman–Crippen LogP) is 3.67. The van der Waals surface area contributed by atoms with Crippen LogP contribution in [0.5, 0.6) is 0 Å². The van der Waals surface area contributed by atoms with Crippen molar-refractivity contribution in [3.8, 4) is 0 Å². The van der Waals surface area contributed by atoms with Gasteiger partial charge in [0.1, 0.15) is 0 Å². The van der Waals surface area contributed by atoms with Gasteiger partial charge in [-0.1, -0.05) is 29.8 Å². The summed E-state index contributed by atoms with van der Waals surface area (Å²) in [5.74, 6) is -0.386. The highest BCUT2D eigenvalue weighted by Crippen LogP contribution is 2.20. The van der Waals surface area contributed by atoms with Crippen molar-refractivity contribution < 1.29 is 9.59 Å². The van der Waals surface area contributed by atoms with E-state index >= 15 is 0 Å². The average Bonchev–Trinajstić information content (AvgIpc) is 2.64. The number of nitrogens with one attached hydrogen (secondary N) is 2. The Hall–Kier alpha value is -2.37. The van der Waals surface area contributed by atoms with Crippen LogP contribution in [0, 0.1) is 6.92 Å². The van der Waals surface area contributed by atoms with E-state index in [1.165, 1.54) is 0 Å². The molecule has 27 heavy (non-hydrogen) atoms. The summed E-state index contributed by atoms with van der Waals surface area (Å²) in [7, 11) is 0. The van der Waals surface area contributed by atoms with Crippen LogP contribution < -0.4 is 16.4 Å². The summed E-state index contributed by atoms with van der Waals surface area (Å²) < 4.78 is 0. The van der Waals surface area contributed by atoms with Crippen molar-refractivity contribution >= 4 is 29.9 Å². The quantitative estimate of drug-likeness (QED) is 0.748. The molecule has 0 aliphatic heterocycles. The van der Waals surface area contributed by atoms with Gasteiger partial charge in [0, 0.05) is 17.6 Å². The third-order valence-corrected chi connectivity index (χ3v) is 4.81. The Morgan fingerprint density at radius 2 is 1.67 bits per heavy atom. The van der Waals surface area contributed by atoms with Gasteiger partial charge in [-0.15, -0.1) is 12.4 Å². The zero-order chi connectivity index (χ0) is 18.5. The summed E-state index contributed by atoms with van der Waals surface area (Å²) >= 11 is 0. The zero-order valence-corrected chi connectivity index (χ0v) is 16.2. The lowest BCUT2D eigenvalue weighted by Crippen LogP contribution is -2.40. The van der Waals surface area contributed by atoms with Gasteiger partial charge >= 0.3 is 0 Å². The molecule has 0 spiro atoms. The van der Waals surface area contributed by atoms with Gasteiger partial charge in [0.15, 0.2) is 0 Å². The summed E-state index contributed by atoms with van der Waals surface area (Å²) in [6, 6.07) is 14.8. The minimum absolute atomic E-state index is 0. The molecule has 2 aromatic carbocycles. The van der Waals surface area contributed by atoms with E-state index in [2.05, 4.69) is 10.6 Å². The number of carbonyl (C=O) groups is 2. The normalized spacial score (nSPS) is 18.9. The minimum Gasteiger partial charge on any atom is -0.349 e. The molecule has 5 nitrogen and oxygen atoms in total. The van der Waals surface area contributed by atoms with Crippen LogP contribution in [0.15, 0.2) is 48.5 Å². The maximum Gasteiger partial charge on any atom is 0.255 e. The molecule has 0 bridgehead atoms. The number of aryl methyl sites for hydroxylation is 1. The maximum atomic E-state index is 12.7. The first-order valence-electron chi connectivity index (χ1n) is 9.06. The van der Waals surface area contributed by atoms with Gasteiger partial charge in [-0.25, -0.2) is 0 Å².